The Hall–Kier alpha value is -1.47. The van der Waals surface area contributed by atoms with E-state index in [1.165, 1.54) is 6.42 Å². The topological polar surface area (TPSA) is 63.2 Å². The van der Waals surface area contributed by atoms with Crippen molar-refractivity contribution < 1.29 is 28.5 Å². The van der Waals surface area contributed by atoms with E-state index in [-0.39, 0.29) is 18.9 Å². The second-order valence-corrected chi connectivity index (χ2v) is 8.10. The standard InChI is InChI=1S/C24H36O6/c25-23(29-20-21-10-2-1-3-11-21)24(13-5-6-14-24)30-19-18-26-15-8-9-17-28-22-12-4-7-16-27-22/h1-3,10-11,22H,4-9,12-20H2. The number of rotatable bonds is 13. The lowest BCUT2D eigenvalue weighted by atomic mass is 10.0. The molecule has 1 aliphatic carbocycles. The summed E-state index contributed by atoms with van der Waals surface area (Å²) in [5, 5.41) is 0. The van der Waals surface area contributed by atoms with Gasteiger partial charge < -0.3 is 23.7 Å². The van der Waals surface area contributed by atoms with Gasteiger partial charge in [0, 0.05) is 19.8 Å². The average molecular weight is 421 g/mol. The van der Waals surface area contributed by atoms with Crippen molar-refractivity contribution in [1.29, 1.82) is 0 Å². The maximum absolute atomic E-state index is 12.7. The second-order valence-electron chi connectivity index (χ2n) is 8.10. The van der Waals surface area contributed by atoms with Gasteiger partial charge in [-0.25, -0.2) is 4.79 Å². The van der Waals surface area contributed by atoms with Gasteiger partial charge >= 0.3 is 5.97 Å². The molecule has 6 heteroatoms. The number of esters is 1. The van der Waals surface area contributed by atoms with Gasteiger partial charge in [-0.05, 0) is 63.4 Å². The van der Waals surface area contributed by atoms with Gasteiger partial charge in [0.15, 0.2) is 11.9 Å². The predicted molar refractivity (Wildman–Crippen MR) is 113 cm³/mol. The molecule has 0 aromatic heterocycles. The van der Waals surface area contributed by atoms with Gasteiger partial charge in [0.2, 0.25) is 0 Å². The van der Waals surface area contributed by atoms with E-state index in [4.69, 9.17) is 23.7 Å². The zero-order valence-electron chi connectivity index (χ0n) is 18.0. The van der Waals surface area contributed by atoms with Crippen molar-refractivity contribution in [3.05, 3.63) is 35.9 Å². The summed E-state index contributed by atoms with van der Waals surface area (Å²) in [6.45, 7) is 3.38. The number of unbranched alkanes of at least 4 members (excludes halogenated alkanes) is 1. The maximum Gasteiger partial charge on any atom is 0.338 e. The fourth-order valence-corrected chi connectivity index (χ4v) is 3.97. The van der Waals surface area contributed by atoms with Crippen molar-refractivity contribution in [3.8, 4) is 0 Å². The van der Waals surface area contributed by atoms with Crippen LogP contribution in [0.1, 0.15) is 63.4 Å². The fraction of sp³-hybridized carbons (Fsp3) is 0.708. The minimum atomic E-state index is -0.800. The van der Waals surface area contributed by atoms with Crippen molar-refractivity contribution in [2.24, 2.45) is 0 Å². The molecule has 1 aliphatic heterocycles. The molecule has 6 nitrogen and oxygen atoms in total. The summed E-state index contributed by atoms with van der Waals surface area (Å²) in [5.41, 5.74) is 0.188. The minimum absolute atomic E-state index is 0.0164. The van der Waals surface area contributed by atoms with Gasteiger partial charge in [0.05, 0.1) is 13.2 Å². The third-order valence-corrected chi connectivity index (χ3v) is 5.73. The molecule has 0 amide bonds. The lowest BCUT2D eigenvalue weighted by Gasteiger charge is -2.27. The van der Waals surface area contributed by atoms with E-state index in [1.807, 2.05) is 30.3 Å². The molecule has 1 saturated heterocycles. The van der Waals surface area contributed by atoms with Crippen molar-refractivity contribution in [2.75, 3.05) is 33.0 Å². The molecule has 0 N–H and O–H groups in total. The minimum Gasteiger partial charge on any atom is -0.459 e. The molecule has 1 heterocycles. The third kappa shape index (κ3) is 7.65. The summed E-state index contributed by atoms with van der Waals surface area (Å²) in [4.78, 5) is 12.7. The highest BCUT2D eigenvalue weighted by atomic mass is 16.7. The van der Waals surface area contributed by atoms with E-state index in [0.29, 0.717) is 26.4 Å². The van der Waals surface area contributed by atoms with Gasteiger partial charge in [-0.15, -0.1) is 0 Å². The van der Waals surface area contributed by atoms with Gasteiger partial charge in [0.25, 0.3) is 0 Å². The smallest absolute Gasteiger partial charge is 0.338 e. The van der Waals surface area contributed by atoms with Crippen LogP contribution < -0.4 is 0 Å². The average Bonchev–Trinajstić information content (AvgIpc) is 3.28. The Kier molecular flexibility index (Phi) is 10.1. The number of carbonyl (C=O) groups is 1. The van der Waals surface area contributed by atoms with Crippen LogP contribution in [0.25, 0.3) is 0 Å². The first-order chi connectivity index (χ1) is 14.8. The first kappa shape index (κ1) is 23.2. The number of benzene rings is 1. The van der Waals surface area contributed by atoms with Crippen molar-refractivity contribution in [1.82, 2.24) is 0 Å². The normalized spacial score (nSPS) is 20.9. The maximum atomic E-state index is 12.7. The lowest BCUT2D eigenvalue weighted by Crippen LogP contribution is -2.41. The zero-order chi connectivity index (χ0) is 20.9. The molecule has 1 unspecified atom stereocenters. The van der Waals surface area contributed by atoms with Gasteiger partial charge in [-0.3, -0.25) is 0 Å². The first-order valence-corrected chi connectivity index (χ1v) is 11.4. The van der Waals surface area contributed by atoms with E-state index in [9.17, 15) is 4.79 Å². The van der Waals surface area contributed by atoms with E-state index >= 15 is 0 Å². The van der Waals surface area contributed by atoms with E-state index < -0.39 is 5.60 Å². The molecule has 0 radical (unpaired) electrons. The van der Waals surface area contributed by atoms with Crippen LogP contribution >= 0.6 is 0 Å². The molecule has 168 valence electrons. The molecule has 1 aromatic carbocycles. The van der Waals surface area contributed by atoms with E-state index in [1.54, 1.807) is 0 Å². The molecular formula is C24H36O6. The molecule has 0 spiro atoms. The van der Waals surface area contributed by atoms with Crippen LogP contribution in [0.15, 0.2) is 30.3 Å². The highest BCUT2D eigenvalue weighted by molar-refractivity contribution is 5.80. The summed E-state index contributed by atoms with van der Waals surface area (Å²) >= 11 is 0. The van der Waals surface area contributed by atoms with E-state index in [2.05, 4.69) is 0 Å². The zero-order valence-corrected chi connectivity index (χ0v) is 18.0. The van der Waals surface area contributed by atoms with Crippen molar-refractivity contribution >= 4 is 5.97 Å². The lowest BCUT2D eigenvalue weighted by molar-refractivity contribution is -0.175. The second kappa shape index (κ2) is 13.1. The Balaban J connectivity index is 1.25. The molecular weight excluding hydrogens is 384 g/mol. The highest BCUT2D eigenvalue weighted by Crippen LogP contribution is 2.34. The van der Waals surface area contributed by atoms with Crippen LogP contribution in [0.2, 0.25) is 0 Å². The molecule has 1 saturated carbocycles. The Morgan fingerprint density at radius 2 is 1.77 bits per heavy atom. The molecule has 3 rings (SSSR count). The Morgan fingerprint density at radius 1 is 0.967 bits per heavy atom. The summed E-state index contributed by atoms with van der Waals surface area (Å²) < 4.78 is 28.5. The number of hydrogen-bond donors (Lipinski definition) is 0. The molecule has 0 bridgehead atoms. The van der Waals surface area contributed by atoms with E-state index in [0.717, 1.165) is 63.5 Å². The largest absolute Gasteiger partial charge is 0.459 e. The quantitative estimate of drug-likeness (QED) is 0.348. The summed E-state index contributed by atoms with van der Waals surface area (Å²) in [5.74, 6) is -0.245. The van der Waals surface area contributed by atoms with Crippen LogP contribution in [0.5, 0.6) is 0 Å². The van der Waals surface area contributed by atoms with Crippen LogP contribution in [0.3, 0.4) is 0 Å². The first-order valence-electron chi connectivity index (χ1n) is 11.4. The predicted octanol–water partition coefficient (Wildman–Crippen LogP) is 4.40. The SMILES string of the molecule is O=C(OCc1ccccc1)C1(OCCOCCCCOC2CCCCO2)CCCC1. The van der Waals surface area contributed by atoms with Crippen LogP contribution in [0.4, 0.5) is 0 Å². The van der Waals surface area contributed by atoms with Gasteiger partial charge in [-0.1, -0.05) is 30.3 Å². The summed E-state index contributed by atoms with van der Waals surface area (Å²) in [7, 11) is 0. The Labute approximate surface area is 180 Å². The summed E-state index contributed by atoms with van der Waals surface area (Å²) in [6.07, 6.45) is 8.64. The van der Waals surface area contributed by atoms with Crippen LogP contribution in [0, 0.1) is 0 Å². The number of ether oxygens (including phenoxy) is 5. The highest BCUT2D eigenvalue weighted by Gasteiger charge is 2.43. The monoisotopic (exact) mass is 420 g/mol. The number of hydrogen-bond acceptors (Lipinski definition) is 6. The summed E-state index contributed by atoms with van der Waals surface area (Å²) in [6, 6.07) is 9.74. The molecule has 1 atom stereocenters. The van der Waals surface area contributed by atoms with Crippen LogP contribution in [-0.2, 0) is 35.1 Å². The molecule has 1 aromatic rings. The third-order valence-electron chi connectivity index (χ3n) is 5.73. The molecule has 2 fully saturated rings. The van der Waals surface area contributed by atoms with Crippen LogP contribution in [-0.4, -0.2) is 50.9 Å². The Bertz CT molecular complexity index is 593. The molecule has 30 heavy (non-hydrogen) atoms. The number of carbonyl (C=O) groups excluding carboxylic acids is 1. The molecule has 2 aliphatic rings. The fourth-order valence-electron chi connectivity index (χ4n) is 3.97. The van der Waals surface area contributed by atoms with Crippen molar-refractivity contribution in [3.63, 3.8) is 0 Å². The Morgan fingerprint density at radius 3 is 2.53 bits per heavy atom. The van der Waals surface area contributed by atoms with Gasteiger partial charge in [0.1, 0.15) is 6.61 Å². The van der Waals surface area contributed by atoms with Crippen molar-refractivity contribution in [2.45, 2.75) is 76.3 Å². The van der Waals surface area contributed by atoms with Gasteiger partial charge in [-0.2, -0.15) is 0 Å².